The molecule has 20 heavy (non-hydrogen) atoms. The third-order valence-electron chi connectivity index (χ3n) is 3.96. The molecule has 0 bridgehead atoms. The van der Waals surface area contributed by atoms with Crippen molar-refractivity contribution in [1.29, 1.82) is 0 Å². The SMILES string of the molecule is C=C1C=CC(C)/C=C(/COC(C)(C)C(C)(C)O)NCC1. The summed E-state index contributed by atoms with van der Waals surface area (Å²) in [7, 11) is 0. The van der Waals surface area contributed by atoms with Crippen LogP contribution < -0.4 is 5.32 Å². The maximum absolute atomic E-state index is 10.1. The highest BCUT2D eigenvalue weighted by molar-refractivity contribution is 5.20. The van der Waals surface area contributed by atoms with Crippen LogP contribution in [-0.2, 0) is 4.74 Å². The number of hydrogen-bond acceptors (Lipinski definition) is 3. The van der Waals surface area contributed by atoms with Gasteiger partial charge in [0.05, 0.1) is 17.8 Å². The summed E-state index contributed by atoms with van der Waals surface area (Å²) in [6.07, 6.45) is 7.33. The highest BCUT2D eigenvalue weighted by Gasteiger charge is 2.36. The Hall–Kier alpha value is -1.06. The van der Waals surface area contributed by atoms with Crippen LogP contribution in [0.3, 0.4) is 0 Å². The summed E-state index contributed by atoms with van der Waals surface area (Å²) < 4.78 is 5.92. The maximum Gasteiger partial charge on any atom is 0.0912 e. The Morgan fingerprint density at radius 2 is 2.05 bits per heavy atom. The Morgan fingerprint density at radius 1 is 1.40 bits per heavy atom. The number of allylic oxidation sites excluding steroid dienone is 3. The van der Waals surface area contributed by atoms with Gasteiger partial charge in [-0.2, -0.15) is 0 Å². The molecule has 0 spiro atoms. The third kappa shape index (κ3) is 5.14. The van der Waals surface area contributed by atoms with Crippen molar-refractivity contribution in [1.82, 2.24) is 5.32 Å². The summed E-state index contributed by atoms with van der Waals surface area (Å²) in [5.41, 5.74) is 0.716. The van der Waals surface area contributed by atoms with Crippen molar-refractivity contribution in [2.75, 3.05) is 13.2 Å². The van der Waals surface area contributed by atoms with Crippen molar-refractivity contribution >= 4 is 0 Å². The van der Waals surface area contributed by atoms with Crippen LogP contribution in [0.2, 0.25) is 0 Å². The molecule has 0 fully saturated rings. The fraction of sp³-hybridized carbons (Fsp3) is 0.647. The van der Waals surface area contributed by atoms with Crippen LogP contribution in [0.5, 0.6) is 0 Å². The lowest BCUT2D eigenvalue weighted by atomic mass is 9.89. The Labute approximate surface area is 123 Å². The molecule has 0 saturated carbocycles. The standard InChI is InChI=1S/C17H29NO2/c1-13-7-8-14(2)11-15(18-10-9-13)12-20-17(5,6)16(3,4)19/h7-8,11,14,18-19H,1,9-10,12H2,2-6H3/b8-7?,15-11-. The van der Waals surface area contributed by atoms with Gasteiger partial charge in [-0.05, 0) is 40.0 Å². The van der Waals surface area contributed by atoms with Crippen molar-refractivity contribution < 1.29 is 9.84 Å². The van der Waals surface area contributed by atoms with Gasteiger partial charge in [0, 0.05) is 12.2 Å². The van der Waals surface area contributed by atoms with Gasteiger partial charge < -0.3 is 15.2 Å². The van der Waals surface area contributed by atoms with Crippen molar-refractivity contribution in [3.8, 4) is 0 Å². The van der Waals surface area contributed by atoms with E-state index in [9.17, 15) is 5.11 Å². The van der Waals surface area contributed by atoms with Crippen LogP contribution in [0.15, 0.2) is 36.1 Å². The first-order chi connectivity index (χ1) is 9.12. The summed E-state index contributed by atoms with van der Waals surface area (Å²) in [5.74, 6) is 0.334. The first kappa shape index (κ1) is 17.0. The van der Waals surface area contributed by atoms with E-state index in [1.54, 1.807) is 13.8 Å². The Bertz CT molecular complexity index is 400. The first-order valence-electron chi connectivity index (χ1n) is 7.29. The molecule has 1 atom stereocenters. The highest BCUT2D eigenvalue weighted by Crippen LogP contribution is 2.25. The number of aliphatic hydroxyl groups is 1. The molecule has 2 N–H and O–H groups in total. The van der Waals surface area contributed by atoms with Gasteiger partial charge in [-0.3, -0.25) is 0 Å². The average Bonchev–Trinajstić information content (AvgIpc) is 2.38. The fourth-order valence-corrected chi connectivity index (χ4v) is 1.72. The van der Waals surface area contributed by atoms with E-state index in [2.05, 4.69) is 37.0 Å². The van der Waals surface area contributed by atoms with Gasteiger partial charge in [0.2, 0.25) is 0 Å². The van der Waals surface area contributed by atoms with Gasteiger partial charge in [-0.1, -0.05) is 37.3 Å². The first-order valence-corrected chi connectivity index (χ1v) is 7.29. The Morgan fingerprint density at radius 3 is 2.65 bits per heavy atom. The summed E-state index contributed by atoms with van der Waals surface area (Å²) >= 11 is 0. The van der Waals surface area contributed by atoms with Gasteiger partial charge in [0.25, 0.3) is 0 Å². The van der Waals surface area contributed by atoms with Crippen LogP contribution in [0.4, 0.5) is 0 Å². The van der Waals surface area contributed by atoms with E-state index >= 15 is 0 Å². The molecule has 0 aromatic rings. The topological polar surface area (TPSA) is 41.5 Å². The minimum absolute atomic E-state index is 0.334. The molecule has 3 nitrogen and oxygen atoms in total. The maximum atomic E-state index is 10.1. The lowest BCUT2D eigenvalue weighted by Gasteiger charge is -2.37. The molecule has 0 radical (unpaired) electrons. The fourth-order valence-electron chi connectivity index (χ4n) is 1.72. The monoisotopic (exact) mass is 279 g/mol. The smallest absolute Gasteiger partial charge is 0.0912 e. The molecule has 1 heterocycles. The van der Waals surface area contributed by atoms with Gasteiger partial charge in [-0.25, -0.2) is 0 Å². The molecule has 0 aromatic heterocycles. The summed E-state index contributed by atoms with van der Waals surface area (Å²) in [6.45, 7) is 14.8. The van der Waals surface area contributed by atoms with Gasteiger partial charge >= 0.3 is 0 Å². The molecule has 1 aliphatic heterocycles. The molecule has 0 amide bonds. The average molecular weight is 279 g/mol. The highest BCUT2D eigenvalue weighted by atomic mass is 16.5. The van der Waals surface area contributed by atoms with Gasteiger partial charge in [0.1, 0.15) is 0 Å². The minimum Gasteiger partial charge on any atom is -0.387 e. The molecule has 1 unspecified atom stereocenters. The molecule has 3 heteroatoms. The van der Waals surface area contributed by atoms with E-state index in [1.165, 1.54) is 0 Å². The Kier molecular flexibility index (Phi) is 5.60. The normalized spacial score (nSPS) is 24.2. The van der Waals surface area contributed by atoms with E-state index in [-0.39, 0.29) is 0 Å². The zero-order valence-corrected chi connectivity index (χ0v) is 13.5. The van der Waals surface area contributed by atoms with Crippen molar-refractivity contribution in [3.05, 3.63) is 36.1 Å². The number of nitrogens with one attached hydrogen (secondary N) is 1. The summed E-state index contributed by atoms with van der Waals surface area (Å²) in [4.78, 5) is 0. The second kappa shape index (κ2) is 6.59. The van der Waals surface area contributed by atoms with E-state index in [0.29, 0.717) is 12.5 Å². The molecule has 0 aromatic carbocycles. The molecule has 114 valence electrons. The number of hydrogen-bond donors (Lipinski definition) is 2. The lowest BCUT2D eigenvalue weighted by molar-refractivity contribution is -0.142. The largest absolute Gasteiger partial charge is 0.387 e. The van der Waals surface area contributed by atoms with Crippen molar-refractivity contribution in [3.63, 3.8) is 0 Å². The van der Waals surface area contributed by atoms with Crippen LogP contribution in [0, 0.1) is 5.92 Å². The number of ether oxygens (including phenoxy) is 1. The van der Waals surface area contributed by atoms with Gasteiger partial charge in [-0.15, -0.1) is 0 Å². The second-order valence-corrected chi connectivity index (χ2v) is 6.60. The van der Waals surface area contributed by atoms with E-state index in [0.717, 1.165) is 24.2 Å². The van der Waals surface area contributed by atoms with Crippen LogP contribution in [0.25, 0.3) is 0 Å². The minimum atomic E-state index is -0.883. The predicted octanol–water partition coefficient (Wildman–Crippen LogP) is 3.18. The van der Waals surface area contributed by atoms with E-state index in [1.807, 2.05) is 13.8 Å². The lowest BCUT2D eigenvalue weighted by Crippen LogP contribution is -2.48. The Balaban J connectivity index is 2.69. The summed E-state index contributed by atoms with van der Waals surface area (Å²) in [6, 6.07) is 0. The van der Waals surface area contributed by atoms with Crippen molar-refractivity contribution in [2.45, 2.75) is 52.2 Å². The molecular formula is C17H29NO2. The molecular weight excluding hydrogens is 250 g/mol. The van der Waals surface area contributed by atoms with Crippen molar-refractivity contribution in [2.24, 2.45) is 5.92 Å². The molecule has 1 aliphatic rings. The molecule has 0 aliphatic carbocycles. The van der Waals surface area contributed by atoms with E-state index < -0.39 is 11.2 Å². The van der Waals surface area contributed by atoms with E-state index in [4.69, 9.17) is 4.74 Å². The quantitative estimate of drug-likeness (QED) is 0.830. The number of rotatable bonds is 4. The summed E-state index contributed by atoms with van der Waals surface area (Å²) in [5, 5.41) is 13.5. The second-order valence-electron chi connectivity index (χ2n) is 6.60. The van der Waals surface area contributed by atoms with Crippen LogP contribution in [-0.4, -0.2) is 29.5 Å². The zero-order chi connectivity index (χ0) is 15.4. The molecule has 1 rings (SSSR count). The third-order valence-corrected chi connectivity index (χ3v) is 3.96. The molecule has 0 saturated heterocycles. The van der Waals surface area contributed by atoms with Crippen LogP contribution in [0.1, 0.15) is 41.0 Å². The van der Waals surface area contributed by atoms with Gasteiger partial charge in [0.15, 0.2) is 0 Å². The zero-order valence-electron chi connectivity index (χ0n) is 13.5. The van der Waals surface area contributed by atoms with Crippen LogP contribution >= 0.6 is 0 Å². The predicted molar refractivity (Wildman–Crippen MR) is 84.5 cm³/mol.